The van der Waals surface area contributed by atoms with Crippen LogP contribution in [0.4, 0.5) is 5.82 Å². The summed E-state index contributed by atoms with van der Waals surface area (Å²) in [5, 5.41) is 3.12. The van der Waals surface area contributed by atoms with Crippen molar-refractivity contribution in [2.45, 2.75) is 0 Å². The molecular formula is C18H17IN4O2S. The molecule has 0 N–H and O–H groups in total. The number of ether oxygens (including phenoxy) is 1. The Bertz CT molecular complexity index is 907. The van der Waals surface area contributed by atoms with Crippen LogP contribution in [0.1, 0.15) is 0 Å². The minimum Gasteiger partial charge on any atom is -0.484 e. The lowest BCUT2D eigenvalue weighted by atomic mass is 10.2. The maximum absolute atomic E-state index is 12.4. The van der Waals surface area contributed by atoms with E-state index in [0.29, 0.717) is 13.1 Å². The van der Waals surface area contributed by atoms with Gasteiger partial charge in [-0.1, -0.05) is 0 Å². The van der Waals surface area contributed by atoms with Crippen LogP contribution in [-0.2, 0) is 4.79 Å². The fourth-order valence-corrected chi connectivity index (χ4v) is 4.05. The number of carbonyl (C=O) groups excluding carboxylic acids is 1. The fraction of sp³-hybridized carbons (Fsp3) is 0.278. The van der Waals surface area contributed by atoms with Gasteiger partial charge < -0.3 is 14.5 Å². The number of halogens is 1. The van der Waals surface area contributed by atoms with Gasteiger partial charge in [-0.15, -0.1) is 11.3 Å². The van der Waals surface area contributed by atoms with Gasteiger partial charge in [0.15, 0.2) is 6.61 Å². The molecule has 0 spiro atoms. The molecular weight excluding hydrogens is 463 g/mol. The third-order valence-corrected chi connectivity index (χ3v) is 5.89. The summed E-state index contributed by atoms with van der Waals surface area (Å²) >= 11 is 3.86. The molecule has 2 aromatic heterocycles. The lowest BCUT2D eigenvalue weighted by Gasteiger charge is -2.35. The quantitative estimate of drug-likeness (QED) is 0.538. The molecule has 4 rings (SSSR count). The van der Waals surface area contributed by atoms with E-state index in [0.717, 1.165) is 38.4 Å². The highest BCUT2D eigenvalue weighted by molar-refractivity contribution is 14.1. The molecule has 1 amide bonds. The molecule has 0 radical (unpaired) electrons. The highest BCUT2D eigenvalue weighted by Crippen LogP contribution is 2.27. The molecule has 134 valence electrons. The van der Waals surface area contributed by atoms with Gasteiger partial charge in [-0.3, -0.25) is 4.79 Å². The first kappa shape index (κ1) is 17.5. The van der Waals surface area contributed by atoms with E-state index in [1.165, 1.54) is 0 Å². The van der Waals surface area contributed by atoms with Gasteiger partial charge in [-0.2, -0.15) is 0 Å². The van der Waals surface area contributed by atoms with Gasteiger partial charge in [0.05, 0.1) is 5.39 Å². The second-order valence-corrected chi connectivity index (χ2v) is 8.09. The molecule has 1 saturated heterocycles. The van der Waals surface area contributed by atoms with Crippen molar-refractivity contribution in [3.63, 3.8) is 0 Å². The third-order valence-electron chi connectivity index (χ3n) is 4.35. The minimum absolute atomic E-state index is 0.0200. The van der Waals surface area contributed by atoms with E-state index < -0.39 is 0 Å². The number of aromatic nitrogens is 2. The summed E-state index contributed by atoms with van der Waals surface area (Å²) in [6.07, 6.45) is 1.61. The van der Waals surface area contributed by atoms with Crippen molar-refractivity contribution >= 4 is 55.9 Å². The zero-order valence-corrected chi connectivity index (χ0v) is 16.9. The Balaban J connectivity index is 1.33. The standard InChI is InChI=1S/C18H17IN4O2S/c19-13-1-3-14(4-2-13)25-11-16(24)22-6-8-23(9-7-22)17-15-5-10-26-18(15)21-12-20-17/h1-5,10,12H,6-9,11H2. The average molecular weight is 480 g/mol. The highest BCUT2D eigenvalue weighted by atomic mass is 127. The van der Waals surface area contributed by atoms with Crippen LogP contribution in [0.3, 0.4) is 0 Å². The summed E-state index contributed by atoms with van der Waals surface area (Å²) in [7, 11) is 0. The van der Waals surface area contributed by atoms with Crippen LogP contribution in [0, 0.1) is 3.57 Å². The minimum atomic E-state index is 0.0200. The first-order chi connectivity index (χ1) is 12.7. The van der Waals surface area contributed by atoms with Gasteiger partial charge in [-0.25, -0.2) is 9.97 Å². The molecule has 8 heteroatoms. The predicted molar refractivity (Wildman–Crippen MR) is 111 cm³/mol. The Morgan fingerprint density at radius 3 is 2.65 bits per heavy atom. The zero-order chi connectivity index (χ0) is 17.9. The smallest absolute Gasteiger partial charge is 0.260 e. The lowest BCUT2D eigenvalue weighted by Crippen LogP contribution is -2.50. The molecule has 3 aromatic rings. The van der Waals surface area contributed by atoms with Crippen LogP contribution in [0.15, 0.2) is 42.0 Å². The van der Waals surface area contributed by atoms with Crippen LogP contribution in [0.5, 0.6) is 5.75 Å². The number of thiophene rings is 1. The summed E-state index contributed by atoms with van der Waals surface area (Å²) in [4.78, 5) is 26.2. The molecule has 1 fully saturated rings. The first-order valence-corrected chi connectivity index (χ1v) is 10.3. The lowest BCUT2D eigenvalue weighted by molar-refractivity contribution is -0.133. The van der Waals surface area contributed by atoms with Crippen molar-refractivity contribution < 1.29 is 9.53 Å². The second-order valence-electron chi connectivity index (χ2n) is 5.95. The Labute approximate surface area is 168 Å². The normalized spacial score (nSPS) is 14.7. The summed E-state index contributed by atoms with van der Waals surface area (Å²) in [5.74, 6) is 1.70. The summed E-state index contributed by atoms with van der Waals surface area (Å²) in [6, 6.07) is 9.75. The van der Waals surface area contributed by atoms with Gasteiger partial charge in [0.1, 0.15) is 22.7 Å². The molecule has 0 unspecified atom stereocenters. The van der Waals surface area contributed by atoms with Crippen molar-refractivity contribution in [3.8, 4) is 5.75 Å². The monoisotopic (exact) mass is 480 g/mol. The second kappa shape index (κ2) is 7.75. The molecule has 6 nitrogen and oxygen atoms in total. The van der Waals surface area contributed by atoms with Gasteiger partial charge in [0.2, 0.25) is 0 Å². The van der Waals surface area contributed by atoms with E-state index in [4.69, 9.17) is 4.74 Å². The molecule has 1 aromatic carbocycles. The maximum Gasteiger partial charge on any atom is 0.260 e. The SMILES string of the molecule is O=C(COc1ccc(I)cc1)N1CCN(c2ncnc3sccc23)CC1. The van der Waals surface area contributed by atoms with E-state index in [2.05, 4.69) is 43.5 Å². The fourth-order valence-electron chi connectivity index (χ4n) is 2.96. The Morgan fingerprint density at radius 1 is 1.12 bits per heavy atom. The topological polar surface area (TPSA) is 58.6 Å². The van der Waals surface area contributed by atoms with E-state index in [1.807, 2.05) is 34.5 Å². The van der Waals surface area contributed by atoms with E-state index in [-0.39, 0.29) is 12.5 Å². The zero-order valence-electron chi connectivity index (χ0n) is 14.0. The number of benzene rings is 1. The van der Waals surface area contributed by atoms with Crippen LogP contribution >= 0.6 is 33.9 Å². The number of rotatable bonds is 4. The van der Waals surface area contributed by atoms with Crippen LogP contribution < -0.4 is 9.64 Å². The van der Waals surface area contributed by atoms with Crippen molar-refractivity contribution in [1.82, 2.24) is 14.9 Å². The number of anilines is 1. The third kappa shape index (κ3) is 3.75. The molecule has 0 atom stereocenters. The van der Waals surface area contributed by atoms with Gasteiger partial charge in [-0.05, 0) is 58.3 Å². The van der Waals surface area contributed by atoms with Crippen molar-refractivity contribution in [2.24, 2.45) is 0 Å². The number of amides is 1. The highest BCUT2D eigenvalue weighted by Gasteiger charge is 2.23. The van der Waals surface area contributed by atoms with Crippen molar-refractivity contribution in [2.75, 3.05) is 37.7 Å². The number of piperazine rings is 1. The van der Waals surface area contributed by atoms with Gasteiger partial charge >= 0.3 is 0 Å². The van der Waals surface area contributed by atoms with Crippen molar-refractivity contribution in [1.29, 1.82) is 0 Å². The molecule has 3 heterocycles. The van der Waals surface area contributed by atoms with Crippen LogP contribution in [-0.4, -0.2) is 53.6 Å². The van der Waals surface area contributed by atoms with Crippen molar-refractivity contribution in [3.05, 3.63) is 45.6 Å². The average Bonchev–Trinajstić information content (AvgIpc) is 3.16. The first-order valence-electron chi connectivity index (χ1n) is 8.30. The Hall–Kier alpha value is -1.94. The summed E-state index contributed by atoms with van der Waals surface area (Å²) in [5.41, 5.74) is 0. The van der Waals surface area contributed by atoms with Crippen LogP contribution in [0.2, 0.25) is 0 Å². The summed E-state index contributed by atoms with van der Waals surface area (Å²) in [6.45, 7) is 2.94. The largest absolute Gasteiger partial charge is 0.484 e. The van der Waals surface area contributed by atoms with Gasteiger partial charge in [0.25, 0.3) is 5.91 Å². The molecule has 1 aliphatic rings. The van der Waals surface area contributed by atoms with Crippen LogP contribution in [0.25, 0.3) is 10.2 Å². The maximum atomic E-state index is 12.4. The molecule has 0 bridgehead atoms. The Morgan fingerprint density at radius 2 is 1.88 bits per heavy atom. The number of hydrogen-bond donors (Lipinski definition) is 0. The van der Waals surface area contributed by atoms with E-state index >= 15 is 0 Å². The number of carbonyl (C=O) groups is 1. The number of fused-ring (bicyclic) bond motifs is 1. The molecule has 0 saturated carbocycles. The predicted octanol–water partition coefficient (Wildman–Crippen LogP) is 3.02. The Kier molecular flexibility index (Phi) is 5.21. The van der Waals surface area contributed by atoms with E-state index in [9.17, 15) is 4.79 Å². The number of hydrogen-bond acceptors (Lipinski definition) is 6. The molecule has 0 aliphatic carbocycles. The molecule has 26 heavy (non-hydrogen) atoms. The summed E-state index contributed by atoms with van der Waals surface area (Å²) < 4.78 is 6.75. The van der Waals surface area contributed by atoms with Gasteiger partial charge in [0, 0.05) is 29.7 Å². The number of nitrogens with zero attached hydrogens (tertiary/aromatic N) is 4. The molecule has 1 aliphatic heterocycles. The van der Waals surface area contributed by atoms with E-state index in [1.54, 1.807) is 17.7 Å².